The second-order valence-electron chi connectivity index (χ2n) is 16.8. The Morgan fingerprint density at radius 1 is 0.277 bits per heavy atom. The van der Waals surface area contributed by atoms with Gasteiger partial charge in [-0.05, 0) is 94.7 Å². The van der Waals surface area contributed by atoms with Crippen LogP contribution in [0.2, 0.25) is 0 Å². The van der Waals surface area contributed by atoms with Gasteiger partial charge in [0.05, 0.1) is 11.4 Å². The highest BCUT2D eigenvalue weighted by atomic mass is 32.1. The van der Waals surface area contributed by atoms with Gasteiger partial charge in [0.15, 0.2) is 5.82 Å². The summed E-state index contributed by atoms with van der Waals surface area (Å²) in [4.78, 5) is 10.5. The third-order valence-corrected chi connectivity index (χ3v) is 14.3. The van der Waals surface area contributed by atoms with Crippen LogP contribution in [0.4, 0.5) is 0 Å². The van der Waals surface area contributed by atoms with E-state index in [0.29, 0.717) is 5.82 Å². The average Bonchev–Trinajstić information content (AvgIpc) is 3.77. The van der Waals surface area contributed by atoms with Gasteiger partial charge >= 0.3 is 0 Å². The summed E-state index contributed by atoms with van der Waals surface area (Å²) in [6.07, 6.45) is 0. The minimum absolute atomic E-state index is 0.704. The molecule has 0 amide bonds. The molecule has 0 N–H and O–H groups in total. The SMILES string of the molecule is c1ccc(-c2nc(-c3ccc(-c4cccc5c4sc4ccccc45)cc3)cc(-c3ccc(-c4ccc(-c5c6ccccc6cc6c5ccc5ccccc56)cc4)c4ccccc34)n2)cc1. The van der Waals surface area contributed by atoms with Gasteiger partial charge in [0, 0.05) is 36.9 Å². The third-order valence-electron chi connectivity index (χ3n) is 13.1. The minimum Gasteiger partial charge on any atom is -0.228 e. The molecule has 2 nitrogen and oxygen atoms in total. The number of fused-ring (bicyclic) bond motifs is 8. The van der Waals surface area contributed by atoms with Crippen molar-refractivity contribution in [1.82, 2.24) is 9.97 Å². The Bertz CT molecular complexity index is 3980. The molecular weight excluding hydrogens is 805 g/mol. The van der Waals surface area contributed by atoms with Gasteiger partial charge in [0.25, 0.3) is 0 Å². The second kappa shape index (κ2) is 15.2. The first kappa shape index (κ1) is 37.3. The number of thiophene rings is 1. The molecule has 0 saturated carbocycles. The summed E-state index contributed by atoms with van der Waals surface area (Å²) in [7, 11) is 0. The lowest BCUT2D eigenvalue weighted by Crippen LogP contribution is -1.97. The summed E-state index contributed by atoms with van der Waals surface area (Å²) in [5, 5.41) is 12.5. The molecule has 0 fully saturated rings. The molecule has 13 rings (SSSR count). The Morgan fingerprint density at radius 3 is 1.66 bits per heavy atom. The topological polar surface area (TPSA) is 25.8 Å². The van der Waals surface area contributed by atoms with Crippen molar-refractivity contribution in [3.63, 3.8) is 0 Å². The molecule has 0 spiro atoms. The van der Waals surface area contributed by atoms with Crippen LogP contribution in [-0.4, -0.2) is 9.97 Å². The highest BCUT2D eigenvalue weighted by Crippen LogP contribution is 2.43. The van der Waals surface area contributed by atoms with E-state index in [2.05, 4.69) is 224 Å². The summed E-state index contributed by atoms with van der Waals surface area (Å²) < 4.78 is 2.63. The Labute approximate surface area is 380 Å². The second-order valence-corrected chi connectivity index (χ2v) is 17.9. The number of benzene rings is 11. The van der Waals surface area contributed by atoms with Gasteiger partial charge in [-0.2, -0.15) is 0 Å². The molecule has 2 heterocycles. The summed E-state index contributed by atoms with van der Waals surface area (Å²) in [5.41, 5.74) is 12.2. The molecular formula is C62H38N2S. The first-order valence-electron chi connectivity index (χ1n) is 22.1. The van der Waals surface area contributed by atoms with Crippen LogP contribution in [0.3, 0.4) is 0 Å². The largest absolute Gasteiger partial charge is 0.228 e. The van der Waals surface area contributed by atoms with Gasteiger partial charge in [-0.3, -0.25) is 0 Å². The third kappa shape index (κ3) is 6.31. The van der Waals surface area contributed by atoms with E-state index in [1.165, 1.54) is 91.3 Å². The molecule has 0 aliphatic heterocycles. The number of hydrogen-bond donors (Lipinski definition) is 0. The first-order chi connectivity index (χ1) is 32.2. The zero-order valence-corrected chi connectivity index (χ0v) is 36.1. The molecule has 0 aliphatic rings. The van der Waals surface area contributed by atoms with Crippen molar-refractivity contribution in [2.24, 2.45) is 0 Å². The number of nitrogens with zero attached hydrogens (tertiary/aromatic N) is 2. The Morgan fingerprint density at radius 2 is 0.862 bits per heavy atom. The normalized spacial score (nSPS) is 11.7. The van der Waals surface area contributed by atoms with Crippen LogP contribution in [0.5, 0.6) is 0 Å². The molecule has 3 heteroatoms. The summed E-state index contributed by atoms with van der Waals surface area (Å²) in [5.74, 6) is 0.704. The summed E-state index contributed by atoms with van der Waals surface area (Å²) in [6, 6.07) is 83.5. The number of rotatable bonds is 6. The van der Waals surface area contributed by atoms with E-state index in [1.54, 1.807) is 0 Å². The molecule has 13 aromatic rings. The van der Waals surface area contributed by atoms with Gasteiger partial charge in [0.2, 0.25) is 0 Å². The standard InChI is InChI=1S/C62H38N2S/c1-2-14-44(15-3-1)62-63-57(42-29-25-41(26-30-42)49-22-12-23-55-53-21-10-11-24-59(53)65-61(49)55)38-58(64-62)52-36-35-47(50-19-8-9-20-51(50)52)40-27-31-43(32-28-40)60-48-18-7-5-16-45(48)37-56-46-17-6-4-13-39(46)33-34-54(56)60/h1-38H. The fraction of sp³-hybridized carbons (Fsp3) is 0. The summed E-state index contributed by atoms with van der Waals surface area (Å²) >= 11 is 1.86. The van der Waals surface area contributed by atoms with Crippen molar-refractivity contribution in [1.29, 1.82) is 0 Å². The van der Waals surface area contributed by atoms with E-state index in [4.69, 9.17) is 9.97 Å². The van der Waals surface area contributed by atoms with E-state index >= 15 is 0 Å². The fourth-order valence-corrected chi connectivity index (χ4v) is 11.2. The fourth-order valence-electron chi connectivity index (χ4n) is 9.97. The highest BCUT2D eigenvalue weighted by Gasteiger charge is 2.17. The van der Waals surface area contributed by atoms with Crippen LogP contribution < -0.4 is 0 Å². The molecule has 0 unspecified atom stereocenters. The first-order valence-corrected chi connectivity index (χ1v) is 23.0. The van der Waals surface area contributed by atoms with Crippen LogP contribution >= 0.6 is 11.3 Å². The van der Waals surface area contributed by atoms with Gasteiger partial charge < -0.3 is 0 Å². The van der Waals surface area contributed by atoms with E-state index in [0.717, 1.165) is 33.5 Å². The van der Waals surface area contributed by atoms with Gasteiger partial charge in [0.1, 0.15) is 0 Å². The van der Waals surface area contributed by atoms with Crippen molar-refractivity contribution in [2.45, 2.75) is 0 Å². The van der Waals surface area contributed by atoms with Crippen LogP contribution in [0.15, 0.2) is 231 Å². The van der Waals surface area contributed by atoms with E-state index in [1.807, 2.05) is 17.4 Å². The molecule has 0 atom stereocenters. The maximum absolute atomic E-state index is 5.28. The predicted molar refractivity (Wildman–Crippen MR) is 278 cm³/mol. The van der Waals surface area contributed by atoms with Crippen molar-refractivity contribution >= 4 is 74.6 Å². The molecule has 302 valence electrons. The molecule has 0 aliphatic carbocycles. The van der Waals surface area contributed by atoms with E-state index in [-0.39, 0.29) is 0 Å². The number of hydrogen-bond acceptors (Lipinski definition) is 3. The smallest absolute Gasteiger partial charge is 0.160 e. The maximum Gasteiger partial charge on any atom is 0.160 e. The molecule has 0 saturated heterocycles. The van der Waals surface area contributed by atoms with Crippen LogP contribution in [0.25, 0.3) is 131 Å². The lowest BCUT2D eigenvalue weighted by molar-refractivity contribution is 1.18. The maximum atomic E-state index is 5.28. The van der Waals surface area contributed by atoms with E-state index < -0.39 is 0 Å². The van der Waals surface area contributed by atoms with E-state index in [9.17, 15) is 0 Å². The van der Waals surface area contributed by atoms with Gasteiger partial charge in [-0.25, -0.2) is 9.97 Å². The van der Waals surface area contributed by atoms with Crippen molar-refractivity contribution < 1.29 is 0 Å². The number of aromatic nitrogens is 2. The van der Waals surface area contributed by atoms with Crippen molar-refractivity contribution in [2.75, 3.05) is 0 Å². The zero-order chi connectivity index (χ0) is 42.8. The van der Waals surface area contributed by atoms with Gasteiger partial charge in [-0.1, -0.05) is 212 Å². The monoisotopic (exact) mass is 842 g/mol. The van der Waals surface area contributed by atoms with Crippen LogP contribution in [0.1, 0.15) is 0 Å². The van der Waals surface area contributed by atoms with Gasteiger partial charge in [-0.15, -0.1) is 11.3 Å². The average molecular weight is 843 g/mol. The van der Waals surface area contributed by atoms with Crippen LogP contribution in [-0.2, 0) is 0 Å². The Kier molecular flexibility index (Phi) is 8.75. The molecule has 0 radical (unpaired) electrons. The molecule has 11 aromatic carbocycles. The minimum atomic E-state index is 0.704. The quantitative estimate of drug-likeness (QED) is 0.123. The predicted octanol–water partition coefficient (Wildman–Crippen LogP) is 17.5. The molecule has 2 aromatic heterocycles. The molecule has 0 bridgehead atoms. The van der Waals surface area contributed by atoms with Crippen molar-refractivity contribution in [3.8, 4) is 67.3 Å². The Balaban J connectivity index is 0.904. The van der Waals surface area contributed by atoms with Crippen LogP contribution in [0, 0.1) is 0 Å². The lowest BCUT2D eigenvalue weighted by Gasteiger charge is -2.16. The molecule has 65 heavy (non-hydrogen) atoms. The van der Waals surface area contributed by atoms with Crippen molar-refractivity contribution in [3.05, 3.63) is 231 Å². The zero-order valence-electron chi connectivity index (χ0n) is 35.2. The highest BCUT2D eigenvalue weighted by molar-refractivity contribution is 7.26. The lowest BCUT2D eigenvalue weighted by atomic mass is 9.88. The summed E-state index contributed by atoms with van der Waals surface area (Å²) in [6.45, 7) is 0. The Hall–Kier alpha value is -8.24.